The van der Waals surface area contributed by atoms with Crippen LogP contribution in [0.25, 0.3) is 0 Å². The summed E-state index contributed by atoms with van der Waals surface area (Å²) in [5.41, 5.74) is 1.21. The van der Waals surface area contributed by atoms with E-state index in [2.05, 4.69) is 34.2 Å². The van der Waals surface area contributed by atoms with Gasteiger partial charge in [0.2, 0.25) is 0 Å². The van der Waals surface area contributed by atoms with E-state index in [0.29, 0.717) is 0 Å². The molecule has 1 aliphatic heterocycles. The maximum Gasteiger partial charge on any atom is 0.0926 e. The standard InChI is InChI=1S/C16H22N2O/c19-14-16(9-6-12-18-10-4-5-11-18)17-13-15-7-2-1-3-8-15/h1-3,7-8,16-17,19H,4-5,10-14H2/t16-/m1/s1. The van der Waals surface area contributed by atoms with E-state index < -0.39 is 0 Å². The van der Waals surface area contributed by atoms with Gasteiger partial charge in [-0.1, -0.05) is 42.2 Å². The second-order valence-electron chi connectivity index (χ2n) is 4.91. The summed E-state index contributed by atoms with van der Waals surface area (Å²) in [4.78, 5) is 2.36. The molecule has 0 radical (unpaired) electrons. The Bertz CT molecular complexity index is 415. The smallest absolute Gasteiger partial charge is 0.0926 e. The molecule has 0 spiro atoms. The zero-order valence-corrected chi connectivity index (χ0v) is 11.3. The van der Waals surface area contributed by atoms with Crippen molar-refractivity contribution < 1.29 is 5.11 Å². The second-order valence-corrected chi connectivity index (χ2v) is 4.91. The molecule has 1 aromatic carbocycles. The molecule has 0 aliphatic carbocycles. The third-order valence-corrected chi connectivity index (χ3v) is 3.36. The molecule has 0 aromatic heterocycles. The summed E-state index contributed by atoms with van der Waals surface area (Å²) in [5.74, 6) is 6.28. The number of nitrogens with zero attached hydrogens (tertiary/aromatic N) is 1. The lowest BCUT2D eigenvalue weighted by molar-refractivity contribution is 0.267. The average molecular weight is 258 g/mol. The molecular weight excluding hydrogens is 236 g/mol. The first kappa shape index (κ1) is 14.1. The molecule has 0 saturated carbocycles. The molecule has 102 valence electrons. The molecule has 3 heteroatoms. The molecule has 0 bridgehead atoms. The highest BCUT2D eigenvalue weighted by Gasteiger charge is 2.09. The molecule has 1 aliphatic rings. The van der Waals surface area contributed by atoms with E-state index in [0.717, 1.165) is 26.2 Å². The van der Waals surface area contributed by atoms with Crippen molar-refractivity contribution in [2.75, 3.05) is 26.2 Å². The van der Waals surface area contributed by atoms with E-state index in [1.54, 1.807) is 0 Å². The van der Waals surface area contributed by atoms with Gasteiger partial charge in [-0.2, -0.15) is 0 Å². The number of rotatable bonds is 5. The Morgan fingerprint density at radius 3 is 2.63 bits per heavy atom. The predicted octanol–water partition coefficient (Wildman–Crippen LogP) is 1.24. The van der Waals surface area contributed by atoms with Crippen LogP contribution in [-0.4, -0.2) is 42.3 Å². The molecular formula is C16H22N2O. The van der Waals surface area contributed by atoms with E-state index in [1.807, 2.05) is 18.2 Å². The monoisotopic (exact) mass is 258 g/mol. The van der Waals surface area contributed by atoms with Crippen LogP contribution in [0.1, 0.15) is 18.4 Å². The molecule has 1 fully saturated rings. The Hall–Kier alpha value is -1.34. The Labute approximate surface area is 115 Å². The number of hydrogen-bond acceptors (Lipinski definition) is 3. The van der Waals surface area contributed by atoms with Gasteiger partial charge in [-0.25, -0.2) is 0 Å². The molecule has 19 heavy (non-hydrogen) atoms. The quantitative estimate of drug-likeness (QED) is 0.780. The molecule has 2 N–H and O–H groups in total. The average Bonchev–Trinajstić information content (AvgIpc) is 2.97. The summed E-state index contributed by atoms with van der Waals surface area (Å²) in [6.07, 6.45) is 2.58. The molecule has 0 amide bonds. The van der Waals surface area contributed by atoms with Crippen molar-refractivity contribution in [3.05, 3.63) is 35.9 Å². The van der Waals surface area contributed by atoms with Crippen molar-refractivity contribution >= 4 is 0 Å². The number of aliphatic hydroxyl groups excluding tert-OH is 1. The van der Waals surface area contributed by atoms with Crippen LogP contribution in [-0.2, 0) is 6.54 Å². The second kappa shape index (κ2) is 7.96. The van der Waals surface area contributed by atoms with E-state index in [1.165, 1.54) is 18.4 Å². The van der Waals surface area contributed by atoms with E-state index in [4.69, 9.17) is 0 Å². The summed E-state index contributed by atoms with van der Waals surface area (Å²) in [6, 6.07) is 10.0. The van der Waals surface area contributed by atoms with Gasteiger partial charge in [0.05, 0.1) is 19.2 Å². The van der Waals surface area contributed by atoms with Gasteiger partial charge in [0, 0.05) is 6.54 Å². The van der Waals surface area contributed by atoms with Gasteiger partial charge in [-0.3, -0.25) is 10.2 Å². The number of nitrogens with one attached hydrogen (secondary N) is 1. The Balaban J connectivity index is 1.75. The van der Waals surface area contributed by atoms with Crippen LogP contribution in [0.15, 0.2) is 30.3 Å². The normalized spacial score (nSPS) is 16.9. The highest BCUT2D eigenvalue weighted by atomic mass is 16.3. The first-order chi connectivity index (χ1) is 9.38. The van der Waals surface area contributed by atoms with Gasteiger partial charge in [-0.05, 0) is 31.5 Å². The van der Waals surface area contributed by atoms with Gasteiger partial charge in [0.1, 0.15) is 0 Å². The topological polar surface area (TPSA) is 35.5 Å². The number of hydrogen-bond donors (Lipinski definition) is 2. The van der Waals surface area contributed by atoms with Gasteiger partial charge in [0.15, 0.2) is 0 Å². The Kier molecular flexibility index (Phi) is 5.90. The molecule has 1 aromatic rings. The summed E-state index contributed by atoms with van der Waals surface area (Å²) in [7, 11) is 0. The van der Waals surface area contributed by atoms with Crippen LogP contribution >= 0.6 is 0 Å². The van der Waals surface area contributed by atoms with E-state index in [9.17, 15) is 5.11 Å². The third kappa shape index (κ3) is 5.04. The maximum atomic E-state index is 9.32. The first-order valence-corrected chi connectivity index (χ1v) is 6.97. The van der Waals surface area contributed by atoms with Crippen LogP contribution in [0.2, 0.25) is 0 Å². The summed E-state index contributed by atoms with van der Waals surface area (Å²) < 4.78 is 0. The van der Waals surface area contributed by atoms with E-state index >= 15 is 0 Å². The van der Waals surface area contributed by atoms with E-state index in [-0.39, 0.29) is 12.6 Å². The van der Waals surface area contributed by atoms with Crippen LogP contribution in [0.4, 0.5) is 0 Å². The maximum absolute atomic E-state index is 9.32. The Morgan fingerprint density at radius 1 is 1.21 bits per heavy atom. The van der Waals surface area contributed by atoms with Crippen LogP contribution in [0.3, 0.4) is 0 Å². The summed E-state index contributed by atoms with van der Waals surface area (Å²) in [6.45, 7) is 3.94. The Morgan fingerprint density at radius 2 is 1.95 bits per heavy atom. The summed E-state index contributed by atoms with van der Waals surface area (Å²) >= 11 is 0. The molecule has 1 saturated heterocycles. The van der Waals surface area contributed by atoms with Gasteiger partial charge in [-0.15, -0.1) is 0 Å². The molecule has 1 atom stereocenters. The minimum Gasteiger partial charge on any atom is -0.394 e. The zero-order valence-electron chi connectivity index (χ0n) is 11.3. The molecule has 3 nitrogen and oxygen atoms in total. The number of aliphatic hydroxyl groups is 1. The molecule has 1 heterocycles. The van der Waals surface area contributed by atoms with Gasteiger partial charge < -0.3 is 5.11 Å². The van der Waals surface area contributed by atoms with Gasteiger partial charge >= 0.3 is 0 Å². The predicted molar refractivity (Wildman–Crippen MR) is 77.6 cm³/mol. The third-order valence-electron chi connectivity index (χ3n) is 3.36. The lowest BCUT2D eigenvalue weighted by atomic mass is 10.2. The van der Waals surface area contributed by atoms with Crippen LogP contribution in [0.5, 0.6) is 0 Å². The fourth-order valence-electron chi connectivity index (χ4n) is 2.22. The minimum atomic E-state index is -0.136. The lowest BCUT2D eigenvalue weighted by Gasteiger charge is -2.11. The number of likely N-dealkylation sites (tertiary alicyclic amines) is 1. The minimum absolute atomic E-state index is 0.0554. The van der Waals surface area contributed by atoms with Crippen molar-refractivity contribution in [1.29, 1.82) is 0 Å². The van der Waals surface area contributed by atoms with Crippen molar-refractivity contribution in [3.63, 3.8) is 0 Å². The summed E-state index contributed by atoms with van der Waals surface area (Å²) in [5, 5.41) is 12.6. The van der Waals surface area contributed by atoms with Crippen molar-refractivity contribution in [2.24, 2.45) is 0 Å². The SMILES string of the molecule is OC[C@@H](C#CCN1CCCC1)NCc1ccccc1. The van der Waals surface area contributed by atoms with Crippen LogP contribution in [0, 0.1) is 11.8 Å². The van der Waals surface area contributed by atoms with Gasteiger partial charge in [0.25, 0.3) is 0 Å². The molecule has 0 unspecified atom stereocenters. The zero-order chi connectivity index (χ0) is 13.3. The largest absolute Gasteiger partial charge is 0.394 e. The van der Waals surface area contributed by atoms with Crippen molar-refractivity contribution in [3.8, 4) is 11.8 Å². The highest BCUT2D eigenvalue weighted by molar-refractivity contribution is 5.16. The highest BCUT2D eigenvalue weighted by Crippen LogP contribution is 2.05. The number of benzene rings is 1. The fourth-order valence-corrected chi connectivity index (χ4v) is 2.22. The van der Waals surface area contributed by atoms with Crippen molar-refractivity contribution in [2.45, 2.75) is 25.4 Å². The lowest BCUT2D eigenvalue weighted by Crippen LogP contribution is -2.31. The van der Waals surface area contributed by atoms with Crippen LogP contribution < -0.4 is 5.32 Å². The first-order valence-electron chi connectivity index (χ1n) is 6.97. The van der Waals surface area contributed by atoms with Crippen molar-refractivity contribution in [1.82, 2.24) is 10.2 Å². The fraction of sp³-hybridized carbons (Fsp3) is 0.500. The molecule has 2 rings (SSSR count).